The highest BCUT2D eigenvalue weighted by Crippen LogP contribution is 2.46. The molecule has 3 heterocycles. The third-order valence-corrected chi connectivity index (χ3v) is 7.29. The van der Waals surface area contributed by atoms with Gasteiger partial charge >= 0.3 is 0 Å². The largest absolute Gasteiger partial charge is 0.347 e. The van der Waals surface area contributed by atoms with E-state index in [0.29, 0.717) is 4.88 Å². The number of anilines is 1. The Hall–Kier alpha value is -3.71. The number of fused-ring (bicyclic) bond motifs is 2. The molecule has 5 rings (SSSR count). The molecule has 1 aliphatic heterocycles. The third-order valence-electron chi connectivity index (χ3n) is 6.18. The molecule has 2 aromatic heterocycles. The van der Waals surface area contributed by atoms with E-state index in [-0.39, 0.29) is 11.3 Å². The summed E-state index contributed by atoms with van der Waals surface area (Å²) in [5.41, 5.74) is 8.00. The number of aromatic nitrogens is 2. The first-order valence-electron chi connectivity index (χ1n) is 10.8. The molecular formula is C26H25N5OS. The van der Waals surface area contributed by atoms with Gasteiger partial charge in [0.2, 0.25) is 0 Å². The molecule has 33 heavy (non-hydrogen) atoms. The second-order valence-electron chi connectivity index (χ2n) is 8.63. The van der Waals surface area contributed by atoms with Crippen molar-refractivity contribution in [2.75, 3.05) is 11.9 Å². The molecule has 0 fully saturated rings. The van der Waals surface area contributed by atoms with Gasteiger partial charge in [-0.25, -0.2) is 10.1 Å². The van der Waals surface area contributed by atoms with Crippen molar-refractivity contribution < 1.29 is 4.79 Å². The smallest absolute Gasteiger partial charge is 0.281 e. The number of carbonyl (C=O) groups excluding carboxylic acids is 1. The van der Waals surface area contributed by atoms with Gasteiger partial charge < -0.3 is 4.90 Å². The fraction of sp³-hybridized carbons (Fsp3) is 0.192. The lowest BCUT2D eigenvalue weighted by molar-refractivity contribution is 0.0959. The van der Waals surface area contributed by atoms with Crippen molar-refractivity contribution in [3.05, 3.63) is 88.6 Å². The van der Waals surface area contributed by atoms with Crippen molar-refractivity contribution in [2.45, 2.75) is 26.2 Å². The lowest BCUT2D eigenvalue weighted by Crippen LogP contribution is -2.23. The quantitative estimate of drug-likeness (QED) is 0.330. The monoisotopic (exact) mass is 455 g/mol. The molecule has 0 unspecified atom stereocenters. The number of allylic oxidation sites excluding steroid dienone is 2. The Morgan fingerprint density at radius 3 is 2.61 bits per heavy atom. The van der Waals surface area contributed by atoms with E-state index in [0.717, 1.165) is 27.3 Å². The van der Waals surface area contributed by atoms with E-state index in [1.54, 1.807) is 6.21 Å². The highest BCUT2D eigenvalue weighted by atomic mass is 32.1. The van der Waals surface area contributed by atoms with E-state index in [4.69, 9.17) is 0 Å². The van der Waals surface area contributed by atoms with Gasteiger partial charge in [-0.1, -0.05) is 50.2 Å². The second-order valence-corrected chi connectivity index (χ2v) is 9.67. The van der Waals surface area contributed by atoms with Crippen LogP contribution in [-0.2, 0) is 5.41 Å². The van der Waals surface area contributed by atoms with Gasteiger partial charge in [-0.3, -0.25) is 4.79 Å². The summed E-state index contributed by atoms with van der Waals surface area (Å²) in [6, 6.07) is 20.2. The van der Waals surface area contributed by atoms with Crippen LogP contribution in [0.5, 0.6) is 0 Å². The fourth-order valence-corrected chi connectivity index (χ4v) is 5.54. The highest BCUT2D eigenvalue weighted by molar-refractivity contribution is 7.20. The molecule has 1 aliphatic rings. The molecule has 166 valence electrons. The first-order chi connectivity index (χ1) is 15.9. The van der Waals surface area contributed by atoms with Crippen LogP contribution in [0.1, 0.15) is 34.8 Å². The topological polar surface area (TPSA) is 62.5 Å². The average Bonchev–Trinajstić information content (AvgIpc) is 3.44. The van der Waals surface area contributed by atoms with Crippen molar-refractivity contribution in [3.8, 4) is 5.69 Å². The van der Waals surface area contributed by atoms with E-state index < -0.39 is 0 Å². The van der Waals surface area contributed by atoms with Gasteiger partial charge in [-0.2, -0.15) is 10.2 Å². The zero-order valence-corrected chi connectivity index (χ0v) is 19.9. The summed E-state index contributed by atoms with van der Waals surface area (Å²) in [5.74, 6) is -0.229. The second kappa shape index (κ2) is 8.01. The third kappa shape index (κ3) is 3.54. The number of likely N-dealkylation sites (N-methyl/N-ethyl adjacent to an activating group) is 1. The minimum atomic E-state index is -0.229. The number of thiophene rings is 1. The normalized spacial score (nSPS) is 16.1. The van der Waals surface area contributed by atoms with Crippen LogP contribution in [-0.4, -0.2) is 28.9 Å². The molecule has 0 spiro atoms. The summed E-state index contributed by atoms with van der Waals surface area (Å²) in [6.07, 6.45) is 3.62. The standard InChI is InChI=1S/C26H25N5OS/c1-17-19-16-22(33-25(19)31(29-17)18-10-6-5-7-11-18)24(32)28-27-15-14-23-26(2,3)20-12-8-9-13-21(20)30(23)4/h5-16H,1-4H3,(H,28,32)/b23-14-,27-15+. The first kappa shape index (κ1) is 21.2. The maximum absolute atomic E-state index is 12.8. The van der Waals surface area contributed by atoms with Crippen LogP contribution in [0.4, 0.5) is 5.69 Å². The van der Waals surface area contributed by atoms with E-state index in [9.17, 15) is 4.79 Å². The molecule has 2 aromatic carbocycles. The van der Waals surface area contributed by atoms with Gasteiger partial charge in [0.15, 0.2) is 0 Å². The molecule has 0 saturated heterocycles. The zero-order chi connectivity index (χ0) is 23.2. The van der Waals surface area contributed by atoms with Gasteiger partial charge in [0.25, 0.3) is 5.91 Å². The predicted octanol–water partition coefficient (Wildman–Crippen LogP) is 5.42. The average molecular weight is 456 g/mol. The number of carbonyl (C=O) groups is 1. The summed E-state index contributed by atoms with van der Waals surface area (Å²) in [4.78, 5) is 16.5. The SMILES string of the molecule is Cc1nn(-c2ccccc2)c2sc(C(=O)N/N=C/C=C3\N(C)c4ccccc4C3(C)C)cc12. The maximum Gasteiger partial charge on any atom is 0.281 e. The van der Waals surface area contributed by atoms with Crippen molar-refractivity contribution in [2.24, 2.45) is 5.10 Å². The number of hydrogen-bond donors (Lipinski definition) is 1. The van der Waals surface area contributed by atoms with Crippen LogP contribution in [0.15, 0.2) is 77.5 Å². The Balaban J connectivity index is 1.35. The number of hydrogen-bond acceptors (Lipinski definition) is 5. The number of nitrogens with one attached hydrogen (secondary N) is 1. The molecular weight excluding hydrogens is 430 g/mol. The van der Waals surface area contributed by atoms with Gasteiger partial charge in [-0.15, -0.1) is 11.3 Å². The number of amides is 1. The Kier molecular flexibility index (Phi) is 5.13. The summed E-state index contributed by atoms with van der Waals surface area (Å²) < 4.78 is 1.88. The van der Waals surface area contributed by atoms with E-state index in [1.165, 1.54) is 22.6 Å². The summed E-state index contributed by atoms with van der Waals surface area (Å²) in [7, 11) is 2.06. The zero-order valence-electron chi connectivity index (χ0n) is 19.0. The fourth-order valence-electron chi connectivity index (χ4n) is 4.46. The summed E-state index contributed by atoms with van der Waals surface area (Å²) in [5, 5.41) is 9.80. The molecule has 0 aliphatic carbocycles. The highest BCUT2D eigenvalue weighted by Gasteiger charge is 2.37. The lowest BCUT2D eigenvalue weighted by atomic mass is 9.84. The molecule has 0 radical (unpaired) electrons. The molecule has 7 heteroatoms. The van der Waals surface area contributed by atoms with Crippen molar-refractivity contribution in [3.63, 3.8) is 0 Å². The van der Waals surface area contributed by atoms with Crippen LogP contribution in [0.25, 0.3) is 15.9 Å². The molecule has 0 bridgehead atoms. The number of para-hydroxylation sites is 2. The van der Waals surface area contributed by atoms with Crippen LogP contribution >= 0.6 is 11.3 Å². The van der Waals surface area contributed by atoms with Gasteiger partial charge in [-0.05, 0) is 42.8 Å². The number of aryl methyl sites for hydroxylation is 1. The predicted molar refractivity (Wildman–Crippen MR) is 136 cm³/mol. The lowest BCUT2D eigenvalue weighted by Gasteiger charge is -2.23. The minimum Gasteiger partial charge on any atom is -0.347 e. The first-order valence-corrected chi connectivity index (χ1v) is 11.6. The van der Waals surface area contributed by atoms with E-state index in [1.807, 2.05) is 60.1 Å². The number of nitrogens with zero attached hydrogens (tertiary/aromatic N) is 4. The van der Waals surface area contributed by atoms with Crippen molar-refractivity contribution in [1.82, 2.24) is 15.2 Å². The molecule has 6 nitrogen and oxygen atoms in total. The number of benzene rings is 2. The molecule has 1 N–H and O–H groups in total. The Labute approximate surface area is 196 Å². The number of rotatable bonds is 4. The van der Waals surface area contributed by atoms with Gasteiger partial charge in [0.05, 0.1) is 16.3 Å². The van der Waals surface area contributed by atoms with Crippen molar-refractivity contribution >= 4 is 39.4 Å². The van der Waals surface area contributed by atoms with Crippen LogP contribution in [0.3, 0.4) is 0 Å². The van der Waals surface area contributed by atoms with Crippen LogP contribution in [0, 0.1) is 6.92 Å². The molecule has 4 aromatic rings. The molecule has 0 saturated carbocycles. The van der Waals surface area contributed by atoms with E-state index in [2.05, 4.69) is 59.6 Å². The number of hydrazone groups is 1. The van der Waals surface area contributed by atoms with Gasteiger partial charge in [0, 0.05) is 35.4 Å². The molecule has 1 amide bonds. The summed E-state index contributed by atoms with van der Waals surface area (Å²) in [6.45, 7) is 6.35. The Morgan fingerprint density at radius 2 is 1.85 bits per heavy atom. The van der Waals surface area contributed by atoms with Crippen LogP contribution < -0.4 is 10.3 Å². The van der Waals surface area contributed by atoms with Crippen molar-refractivity contribution in [1.29, 1.82) is 0 Å². The van der Waals surface area contributed by atoms with Crippen LogP contribution in [0.2, 0.25) is 0 Å². The maximum atomic E-state index is 12.8. The summed E-state index contributed by atoms with van der Waals surface area (Å²) >= 11 is 1.41. The molecule has 0 atom stereocenters. The van der Waals surface area contributed by atoms with Gasteiger partial charge in [0.1, 0.15) is 4.83 Å². The van der Waals surface area contributed by atoms with E-state index >= 15 is 0 Å². The Bertz CT molecular complexity index is 1410. The minimum absolute atomic E-state index is 0.131. The Morgan fingerprint density at radius 1 is 1.12 bits per heavy atom.